The first-order valence-corrected chi connectivity index (χ1v) is 8.74. The van der Waals surface area contributed by atoms with Gasteiger partial charge in [0.05, 0.1) is 15.0 Å². The van der Waals surface area contributed by atoms with Crippen LogP contribution in [0.25, 0.3) is 10.2 Å². The number of nitrogens with zero attached hydrogens (tertiary/aromatic N) is 1. The fourth-order valence-corrected chi connectivity index (χ4v) is 3.72. The van der Waals surface area contributed by atoms with Crippen LogP contribution in [0.2, 0.25) is 0 Å². The molecular formula is C13H13Br2FN2OS. The molecule has 108 valence electrons. The number of nitrogens with one attached hydrogen (secondary N) is 1. The van der Waals surface area contributed by atoms with E-state index in [4.69, 9.17) is 0 Å². The maximum absolute atomic E-state index is 13.3. The molecule has 0 spiro atoms. The fraction of sp³-hybridized carbons (Fsp3) is 0.385. The van der Waals surface area contributed by atoms with Crippen molar-refractivity contribution < 1.29 is 9.18 Å². The minimum atomic E-state index is -0.327. The number of aromatic nitrogens is 1. The third-order valence-electron chi connectivity index (χ3n) is 2.74. The standard InChI is InChI=1S/C13H13Br2FN2OS/c1-2-3-4-8(14)12(19)18-13-17-11-9(15)5-7(16)6-10(11)20-13/h5-6,8H,2-4H2,1H3,(H,17,18,19). The van der Waals surface area contributed by atoms with E-state index in [1.807, 2.05) is 0 Å². The number of carbonyl (C=O) groups excluding carboxylic acids is 1. The number of fused-ring (bicyclic) bond motifs is 1. The molecule has 0 radical (unpaired) electrons. The topological polar surface area (TPSA) is 42.0 Å². The van der Waals surface area contributed by atoms with Gasteiger partial charge in [0.2, 0.25) is 5.91 Å². The molecule has 3 nitrogen and oxygen atoms in total. The Bertz CT molecular complexity index is 632. The van der Waals surface area contributed by atoms with Crippen molar-refractivity contribution in [2.45, 2.75) is 31.0 Å². The first-order chi connectivity index (χ1) is 9.51. The smallest absolute Gasteiger partial charge is 0.239 e. The lowest BCUT2D eigenvalue weighted by atomic mass is 10.2. The van der Waals surface area contributed by atoms with Crippen LogP contribution in [0.1, 0.15) is 26.2 Å². The second-order valence-electron chi connectivity index (χ2n) is 4.35. The number of halogens is 3. The number of anilines is 1. The minimum Gasteiger partial charge on any atom is -0.301 e. The van der Waals surface area contributed by atoms with Crippen molar-refractivity contribution in [2.75, 3.05) is 5.32 Å². The Morgan fingerprint density at radius 3 is 3.00 bits per heavy atom. The number of rotatable bonds is 5. The number of thiazole rings is 1. The molecule has 0 saturated heterocycles. The second-order valence-corrected chi connectivity index (χ2v) is 7.34. The number of carbonyl (C=O) groups is 1. The highest BCUT2D eigenvalue weighted by molar-refractivity contribution is 9.10. The van der Waals surface area contributed by atoms with Crippen LogP contribution in [0, 0.1) is 5.82 Å². The third kappa shape index (κ3) is 3.77. The molecule has 20 heavy (non-hydrogen) atoms. The second kappa shape index (κ2) is 6.95. The number of benzene rings is 1. The predicted molar refractivity (Wildman–Crippen MR) is 88.1 cm³/mol. The van der Waals surface area contributed by atoms with Crippen LogP contribution >= 0.6 is 43.2 Å². The average Bonchev–Trinajstić information content (AvgIpc) is 2.78. The molecule has 0 aliphatic heterocycles. The summed E-state index contributed by atoms with van der Waals surface area (Å²) in [5, 5.41) is 3.25. The van der Waals surface area contributed by atoms with E-state index >= 15 is 0 Å². The lowest BCUT2D eigenvalue weighted by molar-refractivity contribution is -0.115. The Balaban J connectivity index is 2.14. The zero-order chi connectivity index (χ0) is 14.7. The lowest BCUT2D eigenvalue weighted by Crippen LogP contribution is -2.22. The maximum atomic E-state index is 13.3. The van der Waals surface area contributed by atoms with Crippen molar-refractivity contribution in [2.24, 2.45) is 0 Å². The van der Waals surface area contributed by atoms with Crippen LogP contribution in [0.15, 0.2) is 16.6 Å². The van der Waals surface area contributed by atoms with E-state index in [9.17, 15) is 9.18 Å². The number of alkyl halides is 1. The van der Waals surface area contributed by atoms with Gasteiger partial charge in [0.15, 0.2) is 5.13 Å². The molecule has 1 N–H and O–H groups in total. The van der Waals surface area contributed by atoms with Crippen molar-refractivity contribution in [1.82, 2.24) is 4.98 Å². The van der Waals surface area contributed by atoms with Crippen molar-refractivity contribution >= 4 is 64.5 Å². The normalized spacial score (nSPS) is 12.6. The summed E-state index contributed by atoms with van der Waals surface area (Å²) in [7, 11) is 0. The first kappa shape index (κ1) is 15.9. The van der Waals surface area contributed by atoms with Crippen molar-refractivity contribution in [1.29, 1.82) is 0 Å². The molecule has 0 bridgehead atoms. The van der Waals surface area contributed by atoms with Crippen molar-refractivity contribution in [3.8, 4) is 0 Å². The van der Waals surface area contributed by atoms with Crippen LogP contribution in [0.5, 0.6) is 0 Å². The SMILES string of the molecule is CCCCC(Br)C(=O)Nc1nc2c(Br)cc(F)cc2s1. The van der Waals surface area contributed by atoms with Gasteiger partial charge in [0, 0.05) is 4.47 Å². The number of unbranched alkanes of at least 4 members (excludes halogenated alkanes) is 1. The van der Waals surface area contributed by atoms with Crippen LogP contribution < -0.4 is 5.32 Å². The summed E-state index contributed by atoms with van der Waals surface area (Å²) in [5.74, 6) is -0.443. The summed E-state index contributed by atoms with van der Waals surface area (Å²) in [6, 6.07) is 2.78. The van der Waals surface area contributed by atoms with Crippen LogP contribution in [0.4, 0.5) is 9.52 Å². The van der Waals surface area contributed by atoms with Gasteiger partial charge in [-0.2, -0.15) is 0 Å². The molecule has 1 unspecified atom stereocenters. The number of hydrogen-bond acceptors (Lipinski definition) is 3. The summed E-state index contributed by atoms with van der Waals surface area (Å²) in [4.78, 5) is 16.1. The van der Waals surface area contributed by atoms with E-state index in [2.05, 4.69) is 49.1 Å². The van der Waals surface area contributed by atoms with E-state index in [0.29, 0.717) is 19.8 Å². The van der Waals surface area contributed by atoms with Gasteiger partial charge < -0.3 is 5.32 Å². The van der Waals surface area contributed by atoms with Gasteiger partial charge >= 0.3 is 0 Å². The van der Waals surface area contributed by atoms with Crippen LogP contribution in [-0.4, -0.2) is 15.7 Å². The first-order valence-electron chi connectivity index (χ1n) is 6.21. The molecule has 0 aliphatic rings. The fourth-order valence-electron chi connectivity index (χ4n) is 1.71. The van der Waals surface area contributed by atoms with E-state index in [0.717, 1.165) is 19.3 Å². The highest BCUT2D eigenvalue weighted by Crippen LogP contribution is 2.32. The molecule has 1 aromatic carbocycles. The lowest BCUT2D eigenvalue weighted by Gasteiger charge is -2.07. The zero-order valence-corrected chi connectivity index (χ0v) is 14.7. The molecule has 1 amide bonds. The quantitative estimate of drug-likeness (QED) is 0.680. The van der Waals surface area contributed by atoms with Gasteiger partial charge in [-0.1, -0.05) is 47.0 Å². The molecule has 7 heteroatoms. The zero-order valence-electron chi connectivity index (χ0n) is 10.8. The van der Waals surface area contributed by atoms with Gasteiger partial charge in [0.25, 0.3) is 0 Å². The molecule has 1 heterocycles. The Labute approximate surface area is 137 Å². The van der Waals surface area contributed by atoms with E-state index in [1.165, 1.54) is 23.5 Å². The third-order valence-corrected chi connectivity index (χ3v) is 5.13. The van der Waals surface area contributed by atoms with Gasteiger partial charge in [-0.25, -0.2) is 9.37 Å². The summed E-state index contributed by atoms with van der Waals surface area (Å²) in [5.41, 5.74) is 0.659. The maximum Gasteiger partial charge on any atom is 0.239 e. The summed E-state index contributed by atoms with van der Waals surface area (Å²) in [6.45, 7) is 2.08. The van der Waals surface area contributed by atoms with Gasteiger partial charge in [-0.15, -0.1) is 0 Å². The predicted octanol–water partition coefficient (Wildman–Crippen LogP) is 5.09. The Morgan fingerprint density at radius 2 is 2.30 bits per heavy atom. The molecule has 1 atom stereocenters. The Hall–Kier alpha value is -0.530. The van der Waals surface area contributed by atoms with Crippen LogP contribution in [0.3, 0.4) is 0 Å². The van der Waals surface area contributed by atoms with E-state index in [1.54, 1.807) is 0 Å². The molecule has 0 aliphatic carbocycles. The highest BCUT2D eigenvalue weighted by atomic mass is 79.9. The monoisotopic (exact) mass is 422 g/mol. The number of hydrogen-bond donors (Lipinski definition) is 1. The van der Waals surface area contributed by atoms with E-state index in [-0.39, 0.29) is 16.6 Å². The van der Waals surface area contributed by atoms with Crippen LogP contribution in [-0.2, 0) is 4.79 Å². The minimum absolute atomic E-state index is 0.117. The molecule has 2 rings (SSSR count). The van der Waals surface area contributed by atoms with Crippen molar-refractivity contribution in [3.05, 3.63) is 22.4 Å². The van der Waals surface area contributed by atoms with Gasteiger partial charge in [-0.3, -0.25) is 4.79 Å². The average molecular weight is 424 g/mol. The molecule has 0 fully saturated rings. The van der Waals surface area contributed by atoms with Gasteiger partial charge in [-0.05, 0) is 34.5 Å². The summed E-state index contributed by atoms with van der Waals surface area (Å²) < 4.78 is 14.6. The largest absolute Gasteiger partial charge is 0.301 e. The summed E-state index contributed by atoms with van der Waals surface area (Å²) >= 11 is 7.90. The molecule has 0 saturated carbocycles. The molecule has 1 aromatic heterocycles. The van der Waals surface area contributed by atoms with Gasteiger partial charge in [0.1, 0.15) is 5.82 Å². The Morgan fingerprint density at radius 1 is 1.55 bits per heavy atom. The summed E-state index contributed by atoms with van der Waals surface area (Å²) in [6.07, 6.45) is 2.81. The Kier molecular flexibility index (Phi) is 5.51. The van der Waals surface area contributed by atoms with E-state index < -0.39 is 0 Å². The molecule has 2 aromatic rings. The highest BCUT2D eigenvalue weighted by Gasteiger charge is 2.17. The molecular weight excluding hydrogens is 411 g/mol. The van der Waals surface area contributed by atoms with Crippen molar-refractivity contribution in [3.63, 3.8) is 0 Å². The number of amides is 1.